The van der Waals surface area contributed by atoms with Gasteiger partial charge in [-0.3, -0.25) is 19.4 Å². The molecule has 0 atom stereocenters. The summed E-state index contributed by atoms with van der Waals surface area (Å²) >= 11 is 0. The lowest BCUT2D eigenvalue weighted by molar-refractivity contribution is -0.123. The van der Waals surface area contributed by atoms with Gasteiger partial charge in [-0.25, -0.2) is 4.79 Å². The third kappa shape index (κ3) is 5.20. The molecular weight excluding hydrogens is 416 g/mol. The van der Waals surface area contributed by atoms with Crippen LogP contribution in [0.3, 0.4) is 0 Å². The first kappa shape index (κ1) is 22.1. The molecule has 7 nitrogen and oxygen atoms in total. The highest BCUT2D eigenvalue weighted by molar-refractivity contribution is 6.15. The molecule has 0 spiro atoms. The van der Waals surface area contributed by atoms with Crippen molar-refractivity contribution in [1.29, 1.82) is 0 Å². The second kappa shape index (κ2) is 9.56. The molecular formula is C26H26N4O3. The molecule has 0 saturated heterocycles. The predicted molar refractivity (Wildman–Crippen MR) is 129 cm³/mol. The van der Waals surface area contributed by atoms with Crippen LogP contribution in [0.5, 0.6) is 0 Å². The first-order valence-corrected chi connectivity index (χ1v) is 10.8. The molecule has 0 bridgehead atoms. The number of rotatable bonds is 5. The zero-order valence-electron chi connectivity index (χ0n) is 18.7. The summed E-state index contributed by atoms with van der Waals surface area (Å²) in [7, 11) is 0. The zero-order chi connectivity index (χ0) is 23.4. The number of para-hydroxylation sites is 2. The van der Waals surface area contributed by atoms with Crippen LogP contribution in [0.25, 0.3) is 0 Å². The van der Waals surface area contributed by atoms with Crippen molar-refractivity contribution in [3.63, 3.8) is 0 Å². The molecule has 168 valence electrons. The van der Waals surface area contributed by atoms with Gasteiger partial charge in [-0.1, -0.05) is 59.7 Å². The molecule has 33 heavy (non-hydrogen) atoms. The minimum atomic E-state index is -0.400. The van der Waals surface area contributed by atoms with Gasteiger partial charge < -0.3 is 10.6 Å². The van der Waals surface area contributed by atoms with Crippen LogP contribution < -0.4 is 20.4 Å². The minimum Gasteiger partial charge on any atom is -0.350 e. The highest BCUT2D eigenvalue weighted by Crippen LogP contribution is 2.33. The summed E-state index contributed by atoms with van der Waals surface area (Å²) < 4.78 is 0. The third-order valence-corrected chi connectivity index (χ3v) is 5.48. The van der Waals surface area contributed by atoms with Crippen molar-refractivity contribution in [3.05, 3.63) is 89.5 Å². The second-order valence-electron chi connectivity index (χ2n) is 8.12. The first-order valence-electron chi connectivity index (χ1n) is 10.8. The lowest BCUT2D eigenvalue weighted by Gasteiger charge is -2.35. The van der Waals surface area contributed by atoms with Crippen molar-refractivity contribution in [2.24, 2.45) is 0 Å². The number of nitrogens with one attached hydrogen (secondary N) is 2. The largest absolute Gasteiger partial charge is 0.350 e. The maximum Gasteiger partial charge on any atom is 0.326 e. The Bertz CT molecular complexity index is 1190. The summed E-state index contributed by atoms with van der Waals surface area (Å²) in [6.45, 7) is 4.08. The first-order chi connectivity index (χ1) is 15.9. The number of hydrogen-bond donors (Lipinski definition) is 2. The summed E-state index contributed by atoms with van der Waals surface area (Å²) in [4.78, 5) is 41.3. The Labute approximate surface area is 193 Å². The van der Waals surface area contributed by atoms with Crippen molar-refractivity contribution >= 4 is 34.9 Å². The molecule has 0 unspecified atom stereocenters. The molecule has 4 amide bonds. The summed E-state index contributed by atoms with van der Waals surface area (Å²) in [6, 6.07) is 22.0. The van der Waals surface area contributed by atoms with Crippen LogP contribution in [0.4, 0.5) is 21.9 Å². The molecule has 4 rings (SSSR count). The molecule has 0 saturated carbocycles. The fourth-order valence-corrected chi connectivity index (χ4v) is 3.77. The van der Waals surface area contributed by atoms with Crippen molar-refractivity contribution in [1.82, 2.24) is 5.32 Å². The van der Waals surface area contributed by atoms with Crippen molar-refractivity contribution in [2.75, 3.05) is 28.2 Å². The maximum absolute atomic E-state index is 12.9. The Hall–Kier alpha value is -4.13. The Morgan fingerprint density at radius 1 is 0.879 bits per heavy atom. The molecule has 0 aromatic heterocycles. The van der Waals surface area contributed by atoms with Crippen LogP contribution >= 0.6 is 0 Å². The van der Waals surface area contributed by atoms with Gasteiger partial charge in [0.25, 0.3) is 0 Å². The Balaban J connectivity index is 1.47. The van der Waals surface area contributed by atoms with E-state index in [1.165, 1.54) is 9.80 Å². The van der Waals surface area contributed by atoms with E-state index in [9.17, 15) is 14.4 Å². The van der Waals surface area contributed by atoms with Crippen molar-refractivity contribution in [2.45, 2.75) is 20.4 Å². The number of urea groups is 1. The molecule has 2 N–H and O–H groups in total. The van der Waals surface area contributed by atoms with E-state index in [1.54, 1.807) is 24.3 Å². The summed E-state index contributed by atoms with van der Waals surface area (Å²) in [5.74, 6) is -0.587. The van der Waals surface area contributed by atoms with Gasteiger partial charge in [-0.15, -0.1) is 0 Å². The smallest absolute Gasteiger partial charge is 0.326 e. The minimum absolute atomic E-state index is 0.116. The zero-order valence-corrected chi connectivity index (χ0v) is 18.7. The second-order valence-corrected chi connectivity index (χ2v) is 8.12. The van der Waals surface area contributed by atoms with E-state index in [4.69, 9.17) is 0 Å². The lowest BCUT2D eigenvalue weighted by Crippen LogP contribution is -2.51. The molecule has 0 fully saturated rings. The SMILES string of the molecule is Cc1ccc(NC(=O)N2CC(=O)N(CC(=O)NCc3cccc(C)c3)c3ccccc32)cc1. The van der Waals surface area contributed by atoms with Gasteiger partial charge in [0.2, 0.25) is 11.8 Å². The van der Waals surface area contributed by atoms with E-state index in [1.807, 2.05) is 62.4 Å². The number of hydrogen-bond acceptors (Lipinski definition) is 3. The average Bonchev–Trinajstić information content (AvgIpc) is 2.81. The molecule has 1 aliphatic rings. The monoisotopic (exact) mass is 442 g/mol. The van der Waals surface area contributed by atoms with Crippen LogP contribution in [0.1, 0.15) is 16.7 Å². The number of carbonyl (C=O) groups is 3. The summed E-state index contributed by atoms with van der Waals surface area (Å²) in [5.41, 5.74) is 4.95. The standard InChI is InChI=1S/C26H26N4O3/c1-18-10-12-21(13-11-18)28-26(33)30-17-25(32)29(22-8-3-4-9-23(22)30)16-24(31)27-15-20-7-5-6-19(2)14-20/h3-14H,15-17H2,1-2H3,(H,27,31)(H,28,33). The number of fused-ring (bicyclic) bond motifs is 1. The average molecular weight is 443 g/mol. The van der Waals surface area contributed by atoms with E-state index in [2.05, 4.69) is 10.6 Å². The molecule has 3 aromatic rings. The number of benzene rings is 3. The van der Waals surface area contributed by atoms with Gasteiger partial charge >= 0.3 is 6.03 Å². The van der Waals surface area contributed by atoms with Gasteiger partial charge in [0.15, 0.2) is 0 Å². The highest BCUT2D eigenvalue weighted by atomic mass is 16.2. The molecule has 1 heterocycles. The molecule has 1 aliphatic heterocycles. The number of carbonyl (C=O) groups excluding carboxylic acids is 3. The fourth-order valence-electron chi connectivity index (χ4n) is 3.77. The van der Waals surface area contributed by atoms with Crippen molar-refractivity contribution < 1.29 is 14.4 Å². The van der Waals surface area contributed by atoms with Crippen LogP contribution in [-0.4, -0.2) is 30.9 Å². The molecule has 0 radical (unpaired) electrons. The van der Waals surface area contributed by atoms with E-state index in [0.29, 0.717) is 23.6 Å². The molecule has 3 aromatic carbocycles. The van der Waals surface area contributed by atoms with Crippen LogP contribution in [0.2, 0.25) is 0 Å². The number of amides is 4. The van der Waals surface area contributed by atoms with Crippen LogP contribution in [0.15, 0.2) is 72.8 Å². The molecule has 0 aliphatic carbocycles. The number of aryl methyl sites for hydroxylation is 2. The van der Waals surface area contributed by atoms with E-state index in [-0.39, 0.29) is 24.9 Å². The Morgan fingerprint density at radius 2 is 1.61 bits per heavy atom. The van der Waals surface area contributed by atoms with Gasteiger partial charge in [0, 0.05) is 12.2 Å². The predicted octanol–water partition coefficient (Wildman–Crippen LogP) is 4.00. The Kier molecular flexibility index (Phi) is 6.40. The molecule has 7 heteroatoms. The quantitative estimate of drug-likeness (QED) is 0.627. The van der Waals surface area contributed by atoms with Gasteiger partial charge in [0.1, 0.15) is 13.1 Å². The maximum atomic E-state index is 12.9. The Morgan fingerprint density at radius 3 is 2.33 bits per heavy atom. The van der Waals surface area contributed by atoms with Gasteiger partial charge in [-0.2, -0.15) is 0 Å². The third-order valence-electron chi connectivity index (χ3n) is 5.48. The fraction of sp³-hybridized carbons (Fsp3) is 0.192. The van der Waals surface area contributed by atoms with E-state index < -0.39 is 6.03 Å². The van der Waals surface area contributed by atoms with Gasteiger partial charge in [0.05, 0.1) is 11.4 Å². The lowest BCUT2D eigenvalue weighted by atomic mass is 10.1. The van der Waals surface area contributed by atoms with E-state index >= 15 is 0 Å². The number of anilines is 3. The van der Waals surface area contributed by atoms with Gasteiger partial charge in [-0.05, 0) is 43.7 Å². The topological polar surface area (TPSA) is 81.8 Å². The van der Waals surface area contributed by atoms with Crippen molar-refractivity contribution in [3.8, 4) is 0 Å². The van der Waals surface area contributed by atoms with Crippen LogP contribution in [-0.2, 0) is 16.1 Å². The summed E-state index contributed by atoms with van der Waals surface area (Å²) in [6.07, 6.45) is 0. The number of nitrogens with zero attached hydrogens (tertiary/aromatic N) is 2. The van der Waals surface area contributed by atoms with Crippen LogP contribution in [0, 0.1) is 13.8 Å². The summed E-state index contributed by atoms with van der Waals surface area (Å²) in [5, 5.41) is 5.71. The normalized spacial score (nSPS) is 12.8. The van der Waals surface area contributed by atoms with E-state index in [0.717, 1.165) is 16.7 Å². The highest BCUT2D eigenvalue weighted by Gasteiger charge is 2.33.